The summed E-state index contributed by atoms with van der Waals surface area (Å²) >= 11 is 3.05. The molecule has 0 fully saturated rings. The van der Waals surface area contributed by atoms with Crippen LogP contribution in [0.4, 0.5) is 0 Å². The molecule has 0 aromatic carbocycles. The van der Waals surface area contributed by atoms with Crippen molar-refractivity contribution >= 4 is 28.0 Å². The van der Waals surface area contributed by atoms with Gasteiger partial charge in [0.05, 0.1) is 12.2 Å². The van der Waals surface area contributed by atoms with E-state index in [0.29, 0.717) is 5.56 Å². The molecule has 0 aliphatic rings. The van der Waals surface area contributed by atoms with E-state index in [2.05, 4.69) is 25.7 Å². The average molecular weight is 333 g/mol. The predicted octanol–water partition coefficient (Wildman–Crippen LogP) is 0.439. The van der Waals surface area contributed by atoms with Crippen molar-refractivity contribution in [2.24, 2.45) is 0 Å². The first-order valence-corrected chi connectivity index (χ1v) is 6.28. The second kappa shape index (κ2) is 7.70. The summed E-state index contributed by atoms with van der Waals surface area (Å²) in [5, 5.41) is 0. The first-order valence-electron chi connectivity index (χ1n) is 5.36. The number of hydrogen-bond donors (Lipinski definition) is 1. The predicted molar refractivity (Wildman–Crippen MR) is 71.9 cm³/mol. The zero-order chi connectivity index (χ0) is 14.3. The van der Waals surface area contributed by atoms with Gasteiger partial charge in [-0.05, 0) is 11.1 Å². The smallest absolute Gasteiger partial charge is 0.330 e. The Labute approximate surface area is 117 Å². The van der Waals surface area contributed by atoms with Gasteiger partial charge >= 0.3 is 11.7 Å². The summed E-state index contributed by atoms with van der Waals surface area (Å²) < 4.78 is 11.0. The Balaban J connectivity index is 2.63. The van der Waals surface area contributed by atoms with Crippen LogP contribution < -0.4 is 11.2 Å². The van der Waals surface area contributed by atoms with Gasteiger partial charge in [-0.2, -0.15) is 0 Å². The molecule has 1 rings (SSSR count). The molecule has 0 radical (unpaired) electrons. The van der Waals surface area contributed by atoms with Gasteiger partial charge in [0.25, 0.3) is 5.56 Å². The Morgan fingerprint density at radius 2 is 2.21 bits per heavy atom. The van der Waals surface area contributed by atoms with Crippen LogP contribution in [0.1, 0.15) is 12.5 Å². The van der Waals surface area contributed by atoms with E-state index < -0.39 is 17.2 Å². The fourth-order valence-corrected chi connectivity index (χ4v) is 1.50. The number of ether oxygens (including phenoxy) is 2. The van der Waals surface area contributed by atoms with Gasteiger partial charge in [0.1, 0.15) is 13.3 Å². The molecule has 1 aromatic heterocycles. The molecule has 8 heteroatoms. The number of aromatic nitrogens is 2. The Morgan fingerprint density at radius 1 is 1.47 bits per heavy atom. The van der Waals surface area contributed by atoms with Crippen LogP contribution in [0.5, 0.6) is 0 Å². The van der Waals surface area contributed by atoms with E-state index in [1.807, 2.05) is 0 Å². The molecule has 0 aliphatic carbocycles. The van der Waals surface area contributed by atoms with Crippen LogP contribution in [-0.2, 0) is 21.0 Å². The summed E-state index contributed by atoms with van der Waals surface area (Å²) in [6.45, 7) is 1.53. The average Bonchev–Trinajstić information content (AvgIpc) is 2.33. The van der Waals surface area contributed by atoms with E-state index >= 15 is 0 Å². The highest BCUT2D eigenvalue weighted by molar-refractivity contribution is 9.11. The van der Waals surface area contributed by atoms with Crippen molar-refractivity contribution in [2.75, 3.05) is 13.2 Å². The number of halogens is 1. The molecule has 104 valence electrons. The van der Waals surface area contributed by atoms with Crippen molar-refractivity contribution < 1.29 is 14.3 Å². The van der Waals surface area contributed by atoms with Crippen molar-refractivity contribution in [1.29, 1.82) is 0 Å². The highest BCUT2D eigenvalue weighted by atomic mass is 79.9. The van der Waals surface area contributed by atoms with Gasteiger partial charge in [0.2, 0.25) is 0 Å². The van der Waals surface area contributed by atoms with Crippen molar-refractivity contribution in [3.63, 3.8) is 0 Å². The Bertz CT molecular complexity index is 575. The lowest BCUT2D eigenvalue weighted by Gasteiger charge is -2.07. The lowest BCUT2D eigenvalue weighted by molar-refractivity contribution is -0.142. The zero-order valence-corrected chi connectivity index (χ0v) is 11.8. The number of H-pyrrole nitrogens is 1. The van der Waals surface area contributed by atoms with E-state index in [1.54, 1.807) is 0 Å². The molecule has 0 saturated heterocycles. The van der Waals surface area contributed by atoms with Gasteiger partial charge in [-0.25, -0.2) is 4.79 Å². The molecule has 19 heavy (non-hydrogen) atoms. The van der Waals surface area contributed by atoms with Gasteiger partial charge in [-0.15, -0.1) is 0 Å². The maximum atomic E-state index is 11.5. The minimum absolute atomic E-state index is 0.0417. The van der Waals surface area contributed by atoms with Gasteiger partial charge in [-0.3, -0.25) is 19.1 Å². The standard InChI is InChI=1S/C11H13BrN2O5/c1-8(15)19-5-4-18-7-14-6-9(2-3-12)10(16)13-11(14)17/h2-3,6H,4-5,7H2,1H3,(H,13,16,17)/b3-2+. The Kier molecular flexibility index (Phi) is 6.23. The summed E-state index contributed by atoms with van der Waals surface area (Å²) in [5.41, 5.74) is -0.721. The lowest BCUT2D eigenvalue weighted by atomic mass is 10.3. The summed E-state index contributed by atoms with van der Waals surface area (Å²) in [7, 11) is 0. The number of hydrogen-bond acceptors (Lipinski definition) is 5. The molecule has 0 atom stereocenters. The van der Waals surface area contributed by atoms with E-state index in [1.165, 1.54) is 28.7 Å². The van der Waals surface area contributed by atoms with Crippen molar-refractivity contribution in [3.8, 4) is 0 Å². The first kappa shape index (κ1) is 15.4. The molecule has 1 N–H and O–H groups in total. The van der Waals surface area contributed by atoms with Gasteiger partial charge in [0.15, 0.2) is 0 Å². The largest absolute Gasteiger partial charge is 0.463 e. The normalized spacial score (nSPS) is 10.8. The second-order valence-electron chi connectivity index (χ2n) is 3.48. The summed E-state index contributed by atoms with van der Waals surface area (Å²) in [5.74, 6) is -0.394. The SMILES string of the molecule is CC(=O)OCCOCn1cc(/C=C/Br)c(=O)[nH]c1=O. The maximum Gasteiger partial charge on any atom is 0.330 e. The number of nitrogens with one attached hydrogen (secondary N) is 1. The monoisotopic (exact) mass is 332 g/mol. The summed E-state index contributed by atoms with van der Waals surface area (Å²) in [6.07, 6.45) is 2.89. The van der Waals surface area contributed by atoms with Crippen LogP contribution in [0.15, 0.2) is 20.8 Å². The fourth-order valence-electron chi connectivity index (χ4n) is 1.22. The van der Waals surface area contributed by atoms with Crippen molar-refractivity contribution in [2.45, 2.75) is 13.7 Å². The quantitative estimate of drug-likeness (QED) is 0.603. The van der Waals surface area contributed by atoms with Crippen LogP contribution in [0.3, 0.4) is 0 Å². The zero-order valence-electron chi connectivity index (χ0n) is 10.2. The number of aromatic amines is 1. The lowest BCUT2D eigenvalue weighted by Crippen LogP contribution is -2.31. The van der Waals surface area contributed by atoms with Crippen molar-refractivity contribution in [3.05, 3.63) is 37.6 Å². The Hall–Kier alpha value is -1.67. The van der Waals surface area contributed by atoms with Crippen LogP contribution in [0, 0.1) is 0 Å². The van der Waals surface area contributed by atoms with E-state index in [0.717, 1.165) is 0 Å². The molecule has 1 heterocycles. The summed E-state index contributed by atoms with van der Waals surface area (Å²) in [6, 6.07) is 0. The number of carbonyl (C=O) groups is 1. The first-order chi connectivity index (χ1) is 9.04. The molecule has 0 unspecified atom stereocenters. The Morgan fingerprint density at radius 3 is 2.84 bits per heavy atom. The van der Waals surface area contributed by atoms with Crippen LogP contribution >= 0.6 is 15.9 Å². The number of rotatable bonds is 6. The third-order valence-electron chi connectivity index (χ3n) is 2.04. The molecule has 0 spiro atoms. The highest BCUT2D eigenvalue weighted by Crippen LogP contribution is 1.95. The molecule has 0 bridgehead atoms. The second-order valence-corrected chi connectivity index (χ2v) is 4.01. The van der Waals surface area contributed by atoms with E-state index in [-0.39, 0.29) is 19.9 Å². The van der Waals surface area contributed by atoms with Crippen molar-refractivity contribution in [1.82, 2.24) is 9.55 Å². The molecule has 1 aromatic rings. The fraction of sp³-hybridized carbons (Fsp3) is 0.364. The van der Waals surface area contributed by atoms with Crippen LogP contribution in [-0.4, -0.2) is 28.7 Å². The number of carbonyl (C=O) groups excluding carboxylic acids is 1. The van der Waals surface area contributed by atoms with Gasteiger partial charge < -0.3 is 9.47 Å². The third-order valence-corrected chi connectivity index (χ3v) is 2.31. The van der Waals surface area contributed by atoms with E-state index in [4.69, 9.17) is 4.74 Å². The molecular formula is C11H13BrN2O5. The number of esters is 1. The molecule has 0 amide bonds. The summed E-state index contributed by atoms with van der Waals surface area (Å²) in [4.78, 5) is 37.0. The van der Waals surface area contributed by atoms with Gasteiger partial charge in [0, 0.05) is 13.1 Å². The van der Waals surface area contributed by atoms with Gasteiger partial charge in [-0.1, -0.05) is 15.9 Å². The third kappa shape index (κ3) is 5.23. The minimum Gasteiger partial charge on any atom is -0.463 e. The highest BCUT2D eigenvalue weighted by Gasteiger charge is 2.02. The number of nitrogens with zero attached hydrogens (tertiary/aromatic N) is 1. The molecule has 0 aliphatic heterocycles. The van der Waals surface area contributed by atoms with Crippen LogP contribution in [0.25, 0.3) is 6.08 Å². The minimum atomic E-state index is -0.566. The topological polar surface area (TPSA) is 90.4 Å². The molecule has 0 saturated carbocycles. The molecular weight excluding hydrogens is 320 g/mol. The molecule has 7 nitrogen and oxygen atoms in total. The maximum absolute atomic E-state index is 11.5. The van der Waals surface area contributed by atoms with Crippen LogP contribution in [0.2, 0.25) is 0 Å². The van der Waals surface area contributed by atoms with E-state index in [9.17, 15) is 14.4 Å².